The molecule has 0 aliphatic carbocycles. The van der Waals surface area contributed by atoms with Crippen molar-refractivity contribution in [2.45, 2.75) is 44.7 Å². The van der Waals surface area contributed by atoms with E-state index in [-0.39, 0.29) is 10.9 Å². The summed E-state index contributed by atoms with van der Waals surface area (Å²) in [4.78, 5) is 2.51. The Morgan fingerprint density at radius 2 is 1.86 bits per heavy atom. The zero-order valence-electron chi connectivity index (χ0n) is 13.3. The Labute approximate surface area is 128 Å². The molecular weight excluding hydrogens is 286 g/mol. The number of rotatable bonds is 8. The molecule has 3 N–H and O–H groups in total. The molecule has 0 aliphatic rings. The molecular formula is C15H27N3O2S. The fraction of sp³-hybridized carbons (Fsp3) is 0.600. The van der Waals surface area contributed by atoms with Crippen LogP contribution in [0.4, 0.5) is 0 Å². The van der Waals surface area contributed by atoms with Crippen LogP contribution in [-0.2, 0) is 10.0 Å². The molecule has 5 nitrogen and oxygen atoms in total. The first-order valence-electron chi connectivity index (χ1n) is 7.39. The minimum atomic E-state index is -3.65. The Hall–Kier alpha value is -0.950. The van der Waals surface area contributed by atoms with Gasteiger partial charge >= 0.3 is 0 Å². The summed E-state index contributed by atoms with van der Waals surface area (Å²) in [6, 6.07) is 7.18. The van der Waals surface area contributed by atoms with Crippen molar-refractivity contribution in [2.24, 2.45) is 5.14 Å². The number of benzene rings is 1. The lowest BCUT2D eigenvalue weighted by molar-refractivity contribution is 0.264. The highest BCUT2D eigenvalue weighted by molar-refractivity contribution is 7.89. The second kappa shape index (κ2) is 7.89. The lowest BCUT2D eigenvalue weighted by Crippen LogP contribution is -2.40. The summed E-state index contributed by atoms with van der Waals surface area (Å²) in [6.45, 7) is 11.5. The molecule has 0 fully saturated rings. The number of sulfonamides is 1. The number of hydrogen-bond donors (Lipinski definition) is 2. The first kappa shape index (κ1) is 18.1. The van der Waals surface area contributed by atoms with Gasteiger partial charge in [0.15, 0.2) is 0 Å². The number of nitrogens with two attached hydrogens (primary N) is 1. The molecule has 0 bridgehead atoms. The lowest BCUT2D eigenvalue weighted by atomic mass is 10.1. The normalized spacial score (nSPS) is 15.1. The van der Waals surface area contributed by atoms with E-state index in [1.165, 1.54) is 6.07 Å². The highest BCUT2D eigenvalue weighted by atomic mass is 32.2. The number of primary sulfonamides is 1. The van der Waals surface area contributed by atoms with Gasteiger partial charge in [0, 0.05) is 18.6 Å². The zero-order chi connectivity index (χ0) is 16.0. The van der Waals surface area contributed by atoms with Crippen molar-refractivity contribution in [2.75, 3.05) is 19.6 Å². The van der Waals surface area contributed by atoms with Crippen LogP contribution in [0.3, 0.4) is 0 Å². The molecule has 2 atom stereocenters. The van der Waals surface area contributed by atoms with Crippen molar-refractivity contribution in [3.8, 4) is 0 Å². The minimum Gasteiger partial charge on any atom is -0.306 e. The predicted octanol–water partition coefficient (Wildman–Crippen LogP) is 1.71. The fourth-order valence-electron chi connectivity index (χ4n) is 2.41. The largest absolute Gasteiger partial charge is 0.306 e. The third-order valence-corrected chi connectivity index (χ3v) is 4.56. The van der Waals surface area contributed by atoms with Crippen molar-refractivity contribution in [1.29, 1.82) is 0 Å². The van der Waals surface area contributed by atoms with E-state index in [1.807, 2.05) is 13.0 Å². The molecule has 2 unspecified atom stereocenters. The van der Waals surface area contributed by atoms with E-state index < -0.39 is 10.0 Å². The van der Waals surface area contributed by atoms with Gasteiger partial charge in [0.2, 0.25) is 10.0 Å². The summed E-state index contributed by atoms with van der Waals surface area (Å²) in [5.41, 5.74) is 0.924. The van der Waals surface area contributed by atoms with Gasteiger partial charge in [-0.3, -0.25) is 0 Å². The Morgan fingerprint density at radius 3 is 2.38 bits per heavy atom. The quantitative estimate of drug-likeness (QED) is 0.766. The minimum absolute atomic E-state index is 0.0669. The molecule has 1 aromatic rings. The SMILES string of the molecule is CCN(CC)CC(C)NC(C)c1cccc(S(N)(=O)=O)c1. The Bertz CT molecular complexity index is 542. The van der Waals surface area contributed by atoms with E-state index in [0.717, 1.165) is 25.2 Å². The summed E-state index contributed by atoms with van der Waals surface area (Å²) >= 11 is 0. The maximum atomic E-state index is 11.4. The van der Waals surface area contributed by atoms with Crippen LogP contribution in [0, 0.1) is 0 Å². The molecule has 120 valence electrons. The van der Waals surface area contributed by atoms with Crippen LogP contribution in [0.25, 0.3) is 0 Å². The molecule has 0 saturated carbocycles. The van der Waals surface area contributed by atoms with Gasteiger partial charge in [0.1, 0.15) is 0 Å². The van der Waals surface area contributed by atoms with Gasteiger partial charge in [-0.15, -0.1) is 0 Å². The van der Waals surface area contributed by atoms with E-state index in [4.69, 9.17) is 5.14 Å². The Morgan fingerprint density at radius 1 is 1.24 bits per heavy atom. The van der Waals surface area contributed by atoms with E-state index >= 15 is 0 Å². The fourth-order valence-corrected chi connectivity index (χ4v) is 2.97. The van der Waals surface area contributed by atoms with Crippen molar-refractivity contribution in [3.05, 3.63) is 29.8 Å². The third-order valence-electron chi connectivity index (χ3n) is 3.65. The first-order chi connectivity index (χ1) is 9.77. The van der Waals surface area contributed by atoms with Crippen molar-refractivity contribution in [3.63, 3.8) is 0 Å². The zero-order valence-corrected chi connectivity index (χ0v) is 14.2. The van der Waals surface area contributed by atoms with Crippen molar-refractivity contribution >= 4 is 10.0 Å². The number of likely N-dealkylation sites (N-methyl/N-ethyl adjacent to an activating group) is 1. The number of hydrogen-bond acceptors (Lipinski definition) is 4. The maximum absolute atomic E-state index is 11.4. The molecule has 0 heterocycles. The molecule has 0 aliphatic heterocycles. The molecule has 6 heteroatoms. The summed E-state index contributed by atoms with van der Waals surface area (Å²) < 4.78 is 22.8. The van der Waals surface area contributed by atoms with E-state index in [1.54, 1.807) is 12.1 Å². The molecule has 0 saturated heterocycles. The third kappa shape index (κ3) is 5.74. The average molecular weight is 313 g/mol. The number of nitrogens with zero attached hydrogens (tertiary/aromatic N) is 1. The van der Waals surface area contributed by atoms with Crippen molar-refractivity contribution in [1.82, 2.24) is 10.2 Å². The highest BCUT2D eigenvalue weighted by Gasteiger charge is 2.14. The number of nitrogens with one attached hydrogen (secondary N) is 1. The van der Waals surface area contributed by atoms with Crippen LogP contribution in [0.15, 0.2) is 29.2 Å². The first-order valence-corrected chi connectivity index (χ1v) is 8.93. The summed E-state index contributed by atoms with van der Waals surface area (Å²) in [5, 5.41) is 8.67. The predicted molar refractivity (Wildman–Crippen MR) is 86.6 cm³/mol. The summed E-state index contributed by atoms with van der Waals surface area (Å²) in [5.74, 6) is 0. The maximum Gasteiger partial charge on any atom is 0.238 e. The smallest absolute Gasteiger partial charge is 0.238 e. The Kier molecular flexibility index (Phi) is 6.80. The van der Waals surface area contributed by atoms with Gasteiger partial charge < -0.3 is 10.2 Å². The second-order valence-corrected chi connectivity index (χ2v) is 6.95. The second-order valence-electron chi connectivity index (χ2n) is 5.39. The van der Waals surface area contributed by atoms with Gasteiger partial charge in [-0.2, -0.15) is 0 Å². The lowest BCUT2D eigenvalue weighted by Gasteiger charge is -2.26. The van der Waals surface area contributed by atoms with Crippen LogP contribution in [-0.4, -0.2) is 39.0 Å². The topological polar surface area (TPSA) is 75.4 Å². The monoisotopic (exact) mass is 313 g/mol. The van der Waals surface area contributed by atoms with Crippen LogP contribution in [0.1, 0.15) is 39.3 Å². The van der Waals surface area contributed by atoms with Crippen LogP contribution in [0.5, 0.6) is 0 Å². The van der Waals surface area contributed by atoms with Crippen LogP contribution < -0.4 is 10.5 Å². The van der Waals surface area contributed by atoms with Gasteiger partial charge in [-0.25, -0.2) is 13.6 Å². The molecule has 0 amide bonds. The van der Waals surface area contributed by atoms with E-state index in [2.05, 4.69) is 31.0 Å². The Balaban J connectivity index is 2.73. The molecule has 0 aromatic heterocycles. The average Bonchev–Trinajstić information content (AvgIpc) is 2.43. The van der Waals surface area contributed by atoms with E-state index in [9.17, 15) is 8.42 Å². The molecule has 0 spiro atoms. The van der Waals surface area contributed by atoms with Crippen LogP contribution in [0.2, 0.25) is 0 Å². The van der Waals surface area contributed by atoms with Gasteiger partial charge in [0.05, 0.1) is 4.90 Å². The molecule has 1 aromatic carbocycles. The molecule has 0 radical (unpaired) electrons. The molecule has 21 heavy (non-hydrogen) atoms. The van der Waals surface area contributed by atoms with E-state index in [0.29, 0.717) is 6.04 Å². The van der Waals surface area contributed by atoms with Gasteiger partial charge in [-0.05, 0) is 44.6 Å². The van der Waals surface area contributed by atoms with Gasteiger partial charge in [0.25, 0.3) is 0 Å². The van der Waals surface area contributed by atoms with Crippen molar-refractivity contribution < 1.29 is 8.42 Å². The summed E-state index contributed by atoms with van der Waals surface area (Å²) in [6.07, 6.45) is 0. The standard InChI is InChI=1S/C15H27N3O2S/c1-5-18(6-2)11-12(3)17-13(4)14-8-7-9-15(10-14)21(16,19)20/h7-10,12-13,17H,5-6,11H2,1-4H3,(H2,16,19,20). The van der Waals surface area contributed by atoms with Gasteiger partial charge in [-0.1, -0.05) is 26.0 Å². The molecule has 1 rings (SSSR count). The summed E-state index contributed by atoms with van der Waals surface area (Å²) in [7, 11) is -3.65. The van der Waals surface area contributed by atoms with Crippen LogP contribution >= 0.6 is 0 Å². The highest BCUT2D eigenvalue weighted by Crippen LogP contribution is 2.17.